The molecule has 2 rings (SSSR count). The molecule has 2 aromatic rings. The predicted octanol–water partition coefficient (Wildman–Crippen LogP) is 6.19. The molecule has 0 saturated heterocycles. The average Bonchev–Trinajstić information content (AvgIpc) is 2.54. The van der Waals surface area contributed by atoms with Crippen LogP contribution in [-0.2, 0) is 11.2 Å². The number of halogens is 4. The monoisotopic (exact) mass is 405 g/mol. The third-order valence-corrected chi connectivity index (χ3v) is 4.95. The summed E-state index contributed by atoms with van der Waals surface area (Å²) < 4.78 is 5.43. The normalized spacial score (nSPS) is 10.6. The average molecular weight is 407 g/mol. The van der Waals surface area contributed by atoms with E-state index in [0.717, 1.165) is 23.2 Å². The number of nitrogens with one attached hydrogen (secondary N) is 1. The summed E-state index contributed by atoms with van der Waals surface area (Å²) in [6.07, 6.45) is 0.808. The van der Waals surface area contributed by atoms with Crippen molar-refractivity contribution in [3.05, 3.63) is 55.5 Å². The topological polar surface area (TPSA) is 38.3 Å². The molecule has 0 atom stereocenters. The van der Waals surface area contributed by atoms with Crippen molar-refractivity contribution in [2.24, 2.45) is 0 Å². The summed E-state index contributed by atoms with van der Waals surface area (Å²) in [5.74, 6) is -0.194. The molecular formula is C17H15Cl4NO2. The molecule has 0 saturated carbocycles. The zero-order chi connectivity index (χ0) is 17.9. The molecule has 0 bridgehead atoms. The number of ether oxygens (including phenoxy) is 1. The van der Waals surface area contributed by atoms with Gasteiger partial charge in [-0.2, -0.15) is 0 Å². The Bertz CT molecular complexity index is 778. The summed E-state index contributed by atoms with van der Waals surface area (Å²) in [7, 11) is 0. The lowest BCUT2D eigenvalue weighted by molar-refractivity contribution is -0.118. The molecule has 128 valence electrons. The second-order valence-electron chi connectivity index (χ2n) is 5.10. The number of aryl methyl sites for hydroxylation is 2. The Balaban J connectivity index is 2.12. The molecular weight excluding hydrogens is 392 g/mol. The molecule has 0 radical (unpaired) electrons. The fraction of sp³-hybridized carbons (Fsp3) is 0.235. The Labute approximate surface area is 160 Å². The molecule has 2 aromatic carbocycles. The van der Waals surface area contributed by atoms with Gasteiger partial charge in [-0.15, -0.1) is 0 Å². The zero-order valence-electron chi connectivity index (χ0n) is 13.1. The largest absolute Gasteiger partial charge is 0.481 e. The number of anilines is 1. The lowest BCUT2D eigenvalue weighted by atomic mass is 10.1. The van der Waals surface area contributed by atoms with E-state index < -0.39 is 0 Å². The summed E-state index contributed by atoms with van der Waals surface area (Å²) in [4.78, 5) is 12.2. The van der Waals surface area contributed by atoms with Gasteiger partial charge in [-0.25, -0.2) is 0 Å². The first-order valence-electron chi connectivity index (χ1n) is 7.19. The number of hydrogen-bond acceptors (Lipinski definition) is 2. The number of para-hydroxylation sites is 1. The van der Waals surface area contributed by atoms with Crippen LogP contribution in [0.15, 0.2) is 24.3 Å². The molecule has 24 heavy (non-hydrogen) atoms. The van der Waals surface area contributed by atoms with Crippen molar-refractivity contribution >= 4 is 58.0 Å². The molecule has 0 aromatic heterocycles. The van der Waals surface area contributed by atoms with Crippen molar-refractivity contribution in [3.63, 3.8) is 0 Å². The molecule has 7 heteroatoms. The van der Waals surface area contributed by atoms with Gasteiger partial charge in [-0.1, -0.05) is 71.5 Å². The molecule has 0 aliphatic heterocycles. The van der Waals surface area contributed by atoms with Gasteiger partial charge < -0.3 is 10.1 Å². The first-order chi connectivity index (χ1) is 11.3. The van der Waals surface area contributed by atoms with Crippen molar-refractivity contribution in [1.29, 1.82) is 0 Å². The minimum atomic E-state index is -0.322. The number of benzene rings is 2. The Morgan fingerprint density at radius 3 is 2.50 bits per heavy atom. The summed E-state index contributed by atoms with van der Waals surface area (Å²) >= 11 is 23.9. The maximum atomic E-state index is 12.2. The minimum absolute atomic E-state index is 0.0760. The molecule has 0 aliphatic carbocycles. The van der Waals surface area contributed by atoms with Gasteiger partial charge in [0, 0.05) is 5.69 Å². The fourth-order valence-electron chi connectivity index (χ4n) is 2.20. The predicted molar refractivity (Wildman–Crippen MR) is 101 cm³/mol. The molecule has 0 spiro atoms. The van der Waals surface area contributed by atoms with Crippen molar-refractivity contribution in [2.45, 2.75) is 20.3 Å². The van der Waals surface area contributed by atoms with Crippen LogP contribution in [0.25, 0.3) is 0 Å². The second kappa shape index (κ2) is 8.30. The van der Waals surface area contributed by atoms with Gasteiger partial charge in [-0.3, -0.25) is 4.79 Å². The van der Waals surface area contributed by atoms with Gasteiger partial charge in [0.2, 0.25) is 0 Å². The van der Waals surface area contributed by atoms with Crippen LogP contribution in [0.4, 0.5) is 5.69 Å². The van der Waals surface area contributed by atoms with Crippen LogP contribution in [0.3, 0.4) is 0 Å². The molecule has 0 heterocycles. The second-order valence-corrected chi connectivity index (χ2v) is 6.67. The first kappa shape index (κ1) is 19.2. The molecule has 0 aliphatic rings. The first-order valence-corrected chi connectivity index (χ1v) is 8.70. The standard InChI is InChI=1S/C17H15Cl4NO2/c1-3-10-6-4-5-9(2)16(10)22-13(23)8-24-17-12(19)7-11(18)14(20)15(17)21/h4-7H,3,8H2,1-2H3,(H,22,23). The Hall–Kier alpha value is -1.13. The number of rotatable bonds is 5. The lowest BCUT2D eigenvalue weighted by Crippen LogP contribution is -2.21. The number of carbonyl (C=O) groups is 1. The minimum Gasteiger partial charge on any atom is -0.481 e. The third-order valence-electron chi connectivity index (χ3n) is 3.42. The van der Waals surface area contributed by atoms with Crippen molar-refractivity contribution < 1.29 is 9.53 Å². The highest BCUT2D eigenvalue weighted by molar-refractivity contribution is 6.50. The highest BCUT2D eigenvalue weighted by Gasteiger charge is 2.17. The molecule has 1 amide bonds. The van der Waals surface area contributed by atoms with E-state index in [1.54, 1.807) is 0 Å². The van der Waals surface area contributed by atoms with E-state index in [9.17, 15) is 4.79 Å². The SMILES string of the molecule is CCc1cccc(C)c1NC(=O)COc1c(Cl)cc(Cl)c(Cl)c1Cl. The number of hydrogen-bond donors (Lipinski definition) is 1. The van der Waals surface area contributed by atoms with Gasteiger partial charge in [0.05, 0.1) is 15.1 Å². The quantitative estimate of drug-likeness (QED) is 0.474. The van der Waals surface area contributed by atoms with Crippen LogP contribution in [0, 0.1) is 6.92 Å². The molecule has 1 N–H and O–H groups in total. The maximum absolute atomic E-state index is 12.2. The summed E-state index contributed by atoms with van der Waals surface area (Å²) in [5, 5.41) is 3.47. The Morgan fingerprint density at radius 1 is 1.12 bits per heavy atom. The van der Waals surface area contributed by atoms with Crippen molar-refractivity contribution in [1.82, 2.24) is 0 Å². The number of carbonyl (C=O) groups excluding carboxylic acids is 1. The van der Waals surface area contributed by atoms with Crippen LogP contribution in [0.2, 0.25) is 20.1 Å². The smallest absolute Gasteiger partial charge is 0.262 e. The number of amides is 1. The zero-order valence-corrected chi connectivity index (χ0v) is 16.1. The van der Waals surface area contributed by atoms with E-state index in [4.69, 9.17) is 51.1 Å². The van der Waals surface area contributed by atoms with Crippen LogP contribution in [-0.4, -0.2) is 12.5 Å². The maximum Gasteiger partial charge on any atom is 0.262 e. The van der Waals surface area contributed by atoms with Gasteiger partial charge in [0.1, 0.15) is 5.02 Å². The fourth-order valence-corrected chi connectivity index (χ4v) is 3.21. The van der Waals surface area contributed by atoms with Gasteiger partial charge >= 0.3 is 0 Å². The summed E-state index contributed by atoms with van der Waals surface area (Å²) in [5.41, 5.74) is 2.82. The van der Waals surface area contributed by atoms with Crippen LogP contribution in [0.5, 0.6) is 5.75 Å². The van der Waals surface area contributed by atoms with E-state index in [-0.39, 0.29) is 38.4 Å². The molecule has 0 unspecified atom stereocenters. The van der Waals surface area contributed by atoms with E-state index in [2.05, 4.69) is 5.32 Å². The van der Waals surface area contributed by atoms with Crippen molar-refractivity contribution in [3.8, 4) is 5.75 Å². The third kappa shape index (κ3) is 4.28. The lowest BCUT2D eigenvalue weighted by Gasteiger charge is -2.15. The molecule has 0 fully saturated rings. The van der Waals surface area contributed by atoms with E-state index in [0.29, 0.717) is 0 Å². The van der Waals surface area contributed by atoms with Gasteiger partial charge in [0.25, 0.3) is 5.91 Å². The van der Waals surface area contributed by atoms with Crippen LogP contribution < -0.4 is 10.1 Å². The van der Waals surface area contributed by atoms with E-state index in [1.807, 2.05) is 32.0 Å². The summed E-state index contributed by atoms with van der Waals surface area (Å²) in [6, 6.07) is 7.27. The van der Waals surface area contributed by atoms with Crippen molar-refractivity contribution in [2.75, 3.05) is 11.9 Å². The Morgan fingerprint density at radius 2 is 1.83 bits per heavy atom. The van der Waals surface area contributed by atoms with Gasteiger partial charge in [-0.05, 0) is 30.5 Å². The molecule has 3 nitrogen and oxygen atoms in total. The van der Waals surface area contributed by atoms with E-state index >= 15 is 0 Å². The van der Waals surface area contributed by atoms with E-state index in [1.165, 1.54) is 6.07 Å². The highest BCUT2D eigenvalue weighted by Crippen LogP contribution is 2.42. The van der Waals surface area contributed by atoms with Crippen LogP contribution >= 0.6 is 46.4 Å². The summed E-state index contributed by atoms with van der Waals surface area (Å²) in [6.45, 7) is 3.70. The highest BCUT2D eigenvalue weighted by atomic mass is 35.5. The van der Waals surface area contributed by atoms with Crippen LogP contribution in [0.1, 0.15) is 18.1 Å². The van der Waals surface area contributed by atoms with Gasteiger partial charge in [0.15, 0.2) is 12.4 Å². The Kier molecular flexibility index (Phi) is 6.64.